The molecule has 0 saturated carbocycles. The van der Waals surface area contributed by atoms with E-state index in [1.165, 1.54) is 5.69 Å². The quantitative estimate of drug-likeness (QED) is 0.799. The second kappa shape index (κ2) is 5.51. The van der Waals surface area contributed by atoms with Crippen molar-refractivity contribution in [2.75, 3.05) is 5.75 Å². The largest absolute Gasteiger partial charge is 0.346 e. The van der Waals surface area contributed by atoms with Crippen LogP contribution in [0.2, 0.25) is 0 Å². The van der Waals surface area contributed by atoms with E-state index < -0.39 is 0 Å². The van der Waals surface area contributed by atoms with Crippen LogP contribution in [0, 0.1) is 4.64 Å². The van der Waals surface area contributed by atoms with E-state index in [-0.39, 0.29) is 0 Å². The molecule has 1 rings (SSSR count). The van der Waals surface area contributed by atoms with Crippen LogP contribution in [0.15, 0.2) is 6.07 Å². The first-order chi connectivity index (χ1) is 6.63. The minimum Gasteiger partial charge on any atom is -0.346 e. The number of aromatic nitrogens is 2. The Balaban J connectivity index is 2.90. The van der Waals surface area contributed by atoms with Crippen molar-refractivity contribution in [3.05, 3.63) is 22.2 Å². The van der Waals surface area contributed by atoms with Gasteiger partial charge in [0.25, 0.3) is 0 Å². The Kier molecular flexibility index (Phi) is 4.62. The minimum absolute atomic E-state index is 0.477. The predicted octanol–water partition coefficient (Wildman–Crippen LogP) is 3.52. The van der Waals surface area contributed by atoms with Gasteiger partial charge in [-0.15, -0.1) is 0 Å². The zero-order valence-corrected chi connectivity index (χ0v) is 10.5. The zero-order valence-electron chi connectivity index (χ0n) is 8.83. The molecule has 0 unspecified atom stereocenters. The van der Waals surface area contributed by atoms with Crippen molar-refractivity contribution in [1.82, 2.24) is 9.97 Å². The average molecular weight is 228 g/mol. The Labute approximate surface area is 94.5 Å². The van der Waals surface area contributed by atoms with Crippen molar-refractivity contribution >= 4 is 24.0 Å². The third-order valence-electron chi connectivity index (χ3n) is 1.88. The predicted molar refractivity (Wildman–Crippen MR) is 65.3 cm³/mol. The highest BCUT2D eigenvalue weighted by atomic mass is 32.2. The van der Waals surface area contributed by atoms with Gasteiger partial charge < -0.3 is 4.98 Å². The number of rotatable bonds is 4. The van der Waals surface area contributed by atoms with Gasteiger partial charge in [-0.2, -0.15) is 11.8 Å². The number of thioether (sulfide) groups is 1. The topological polar surface area (TPSA) is 28.7 Å². The van der Waals surface area contributed by atoms with Crippen LogP contribution in [-0.4, -0.2) is 15.7 Å². The maximum atomic E-state index is 5.12. The lowest BCUT2D eigenvalue weighted by Gasteiger charge is -2.07. The lowest BCUT2D eigenvalue weighted by Crippen LogP contribution is -2.00. The number of H-pyrrole nitrogens is 1. The average Bonchev–Trinajstić information content (AvgIpc) is 2.14. The Morgan fingerprint density at radius 1 is 1.57 bits per heavy atom. The van der Waals surface area contributed by atoms with Crippen molar-refractivity contribution in [3.8, 4) is 0 Å². The van der Waals surface area contributed by atoms with Crippen LogP contribution in [-0.2, 0) is 5.75 Å². The van der Waals surface area contributed by atoms with Crippen LogP contribution >= 0.6 is 24.0 Å². The van der Waals surface area contributed by atoms with Gasteiger partial charge in [0.05, 0.1) is 5.75 Å². The standard InChI is InChI=1S/C10H16N2S2/c1-4-14-6-9-11-8(7(2)3)5-10(13)12-9/h5,7H,4,6H2,1-3H3,(H,11,12,13). The van der Waals surface area contributed by atoms with Gasteiger partial charge in [-0.1, -0.05) is 33.0 Å². The maximum absolute atomic E-state index is 5.12. The molecular formula is C10H16N2S2. The van der Waals surface area contributed by atoms with Crippen LogP contribution in [0.3, 0.4) is 0 Å². The molecule has 4 heteroatoms. The molecular weight excluding hydrogens is 212 g/mol. The van der Waals surface area contributed by atoms with E-state index in [4.69, 9.17) is 12.2 Å². The first-order valence-corrected chi connectivity index (χ1v) is 6.37. The van der Waals surface area contributed by atoms with E-state index in [1.54, 1.807) is 0 Å². The highest BCUT2D eigenvalue weighted by molar-refractivity contribution is 7.98. The Morgan fingerprint density at radius 2 is 2.29 bits per heavy atom. The van der Waals surface area contributed by atoms with Crippen molar-refractivity contribution in [1.29, 1.82) is 0 Å². The molecule has 0 amide bonds. The number of aromatic amines is 1. The monoisotopic (exact) mass is 228 g/mol. The van der Waals surface area contributed by atoms with E-state index in [0.717, 1.165) is 17.3 Å². The van der Waals surface area contributed by atoms with Gasteiger partial charge in [0.1, 0.15) is 10.5 Å². The van der Waals surface area contributed by atoms with E-state index in [1.807, 2.05) is 17.8 Å². The second-order valence-electron chi connectivity index (χ2n) is 3.41. The molecule has 0 aliphatic heterocycles. The molecule has 78 valence electrons. The summed E-state index contributed by atoms with van der Waals surface area (Å²) < 4.78 is 0.694. The molecule has 1 aromatic rings. The van der Waals surface area contributed by atoms with E-state index in [9.17, 15) is 0 Å². The molecule has 0 aliphatic carbocycles. The van der Waals surface area contributed by atoms with Gasteiger partial charge in [0, 0.05) is 5.69 Å². The Hall–Kier alpha value is -0.350. The van der Waals surface area contributed by atoms with Crippen LogP contribution in [0.25, 0.3) is 0 Å². The fourth-order valence-electron chi connectivity index (χ4n) is 1.11. The summed E-state index contributed by atoms with van der Waals surface area (Å²) in [4.78, 5) is 7.61. The fourth-order valence-corrected chi connectivity index (χ4v) is 1.88. The molecule has 0 atom stereocenters. The molecule has 1 aromatic heterocycles. The summed E-state index contributed by atoms with van der Waals surface area (Å²) in [6.07, 6.45) is 0. The summed E-state index contributed by atoms with van der Waals surface area (Å²) in [6.45, 7) is 6.44. The molecule has 0 aliphatic rings. The lowest BCUT2D eigenvalue weighted by molar-refractivity contribution is 0.797. The SMILES string of the molecule is CCSCc1nc(=S)cc(C(C)C)[nH]1. The van der Waals surface area contributed by atoms with Crippen molar-refractivity contribution in [3.63, 3.8) is 0 Å². The van der Waals surface area contributed by atoms with Crippen LogP contribution in [0.1, 0.15) is 38.2 Å². The summed E-state index contributed by atoms with van der Waals surface area (Å²) in [6, 6.07) is 1.94. The Morgan fingerprint density at radius 3 is 2.86 bits per heavy atom. The summed E-state index contributed by atoms with van der Waals surface area (Å²) >= 11 is 6.97. The molecule has 0 bridgehead atoms. The number of hydrogen-bond acceptors (Lipinski definition) is 3. The smallest absolute Gasteiger partial charge is 0.130 e. The van der Waals surface area contributed by atoms with Gasteiger partial charge in [0.2, 0.25) is 0 Å². The first kappa shape index (κ1) is 11.7. The number of nitrogens with one attached hydrogen (secondary N) is 1. The third kappa shape index (κ3) is 3.42. The van der Waals surface area contributed by atoms with Crippen LogP contribution in [0.4, 0.5) is 0 Å². The van der Waals surface area contributed by atoms with Gasteiger partial charge >= 0.3 is 0 Å². The minimum atomic E-state index is 0.477. The third-order valence-corrected chi connectivity index (χ3v) is 2.97. The van der Waals surface area contributed by atoms with Crippen LogP contribution < -0.4 is 0 Å². The molecule has 1 heterocycles. The van der Waals surface area contributed by atoms with Gasteiger partial charge in [-0.3, -0.25) is 0 Å². The highest BCUT2D eigenvalue weighted by Crippen LogP contribution is 2.13. The summed E-state index contributed by atoms with van der Waals surface area (Å²) in [5.74, 6) is 3.49. The van der Waals surface area contributed by atoms with E-state index >= 15 is 0 Å². The van der Waals surface area contributed by atoms with E-state index in [0.29, 0.717) is 10.6 Å². The molecule has 0 fully saturated rings. The molecule has 14 heavy (non-hydrogen) atoms. The highest BCUT2D eigenvalue weighted by Gasteiger charge is 2.02. The van der Waals surface area contributed by atoms with Crippen molar-refractivity contribution in [2.45, 2.75) is 32.4 Å². The summed E-state index contributed by atoms with van der Waals surface area (Å²) in [5, 5.41) is 0. The number of nitrogens with zero attached hydrogens (tertiary/aromatic N) is 1. The lowest BCUT2D eigenvalue weighted by atomic mass is 10.1. The fraction of sp³-hybridized carbons (Fsp3) is 0.600. The molecule has 0 spiro atoms. The molecule has 1 N–H and O–H groups in total. The molecule has 0 radical (unpaired) electrons. The maximum Gasteiger partial charge on any atom is 0.130 e. The van der Waals surface area contributed by atoms with Crippen molar-refractivity contribution in [2.24, 2.45) is 0 Å². The molecule has 0 aromatic carbocycles. The Bertz CT molecular complexity index is 344. The van der Waals surface area contributed by atoms with Crippen molar-refractivity contribution < 1.29 is 0 Å². The van der Waals surface area contributed by atoms with E-state index in [2.05, 4.69) is 30.7 Å². The number of hydrogen-bond donors (Lipinski definition) is 1. The normalized spacial score (nSPS) is 10.9. The summed E-state index contributed by atoms with van der Waals surface area (Å²) in [7, 11) is 0. The zero-order chi connectivity index (χ0) is 10.6. The molecule has 0 saturated heterocycles. The van der Waals surface area contributed by atoms with Crippen LogP contribution in [0.5, 0.6) is 0 Å². The summed E-state index contributed by atoms with van der Waals surface area (Å²) in [5.41, 5.74) is 1.18. The first-order valence-electron chi connectivity index (χ1n) is 4.81. The van der Waals surface area contributed by atoms with Gasteiger partial charge in [0.15, 0.2) is 0 Å². The molecule has 2 nitrogen and oxygen atoms in total. The van der Waals surface area contributed by atoms with Gasteiger partial charge in [-0.25, -0.2) is 4.98 Å². The van der Waals surface area contributed by atoms with Gasteiger partial charge in [-0.05, 0) is 17.7 Å². The second-order valence-corrected chi connectivity index (χ2v) is 5.11.